The van der Waals surface area contributed by atoms with Crippen LogP contribution in [0.15, 0.2) is 18.2 Å². The molecule has 82 valence electrons. The maximum atomic E-state index is 13.2. The van der Waals surface area contributed by atoms with Gasteiger partial charge in [0, 0.05) is 11.1 Å². The van der Waals surface area contributed by atoms with Crippen molar-refractivity contribution in [1.82, 2.24) is 0 Å². The molecule has 0 unspecified atom stereocenters. The van der Waals surface area contributed by atoms with Crippen molar-refractivity contribution >= 4 is 17.3 Å². The minimum atomic E-state index is -3.42. The van der Waals surface area contributed by atoms with E-state index in [1.807, 2.05) is 0 Å². The van der Waals surface area contributed by atoms with Crippen molar-refractivity contribution in [2.75, 3.05) is 6.54 Å². The first-order valence-corrected chi connectivity index (χ1v) is 4.28. The number of hydrogen-bond donors (Lipinski definition) is 1. The van der Waals surface area contributed by atoms with Crippen molar-refractivity contribution in [3.63, 3.8) is 0 Å². The number of nitro groups is 1. The Balaban J connectivity index is 3.35. The molecule has 2 N–H and O–H groups in total. The molecule has 0 aromatic heterocycles. The van der Waals surface area contributed by atoms with Crippen molar-refractivity contribution < 1.29 is 13.7 Å². The van der Waals surface area contributed by atoms with Crippen LogP contribution < -0.4 is 5.73 Å². The molecule has 0 aliphatic rings. The third-order valence-corrected chi connectivity index (χ3v) is 2.04. The molecule has 0 fully saturated rings. The molecule has 0 amide bonds. The van der Waals surface area contributed by atoms with Crippen LogP contribution in [0, 0.1) is 10.1 Å². The first kappa shape index (κ1) is 11.8. The second-order valence-electron chi connectivity index (χ2n) is 2.83. The summed E-state index contributed by atoms with van der Waals surface area (Å²) in [5.41, 5.74) is 3.39. The van der Waals surface area contributed by atoms with E-state index in [4.69, 9.17) is 17.3 Å². The van der Waals surface area contributed by atoms with Crippen LogP contribution in [0.25, 0.3) is 0 Å². The van der Waals surface area contributed by atoms with Crippen molar-refractivity contribution in [3.8, 4) is 0 Å². The van der Waals surface area contributed by atoms with Gasteiger partial charge in [-0.25, -0.2) is 0 Å². The number of nitrogens with zero attached hydrogens (tertiary/aromatic N) is 1. The summed E-state index contributed by atoms with van der Waals surface area (Å²) in [4.78, 5) is 9.60. The van der Waals surface area contributed by atoms with Crippen LogP contribution in [0.3, 0.4) is 0 Å². The summed E-state index contributed by atoms with van der Waals surface area (Å²) in [5.74, 6) is -3.42. The average molecular weight is 237 g/mol. The Morgan fingerprint density at radius 1 is 1.53 bits per heavy atom. The fourth-order valence-corrected chi connectivity index (χ4v) is 1.24. The highest BCUT2D eigenvalue weighted by molar-refractivity contribution is 6.30. The molecule has 4 nitrogen and oxygen atoms in total. The lowest BCUT2D eigenvalue weighted by Gasteiger charge is -2.13. The molecule has 1 rings (SSSR count). The van der Waals surface area contributed by atoms with Crippen LogP contribution >= 0.6 is 11.6 Å². The van der Waals surface area contributed by atoms with Crippen LogP contribution in [0.2, 0.25) is 5.02 Å². The maximum Gasteiger partial charge on any atom is 0.291 e. The van der Waals surface area contributed by atoms with Gasteiger partial charge >= 0.3 is 0 Å². The van der Waals surface area contributed by atoms with E-state index >= 15 is 0 Å². The Labute approximate surface area is 88.8 Å². The van der Waals surface area contributed by atoms with Gasteiger partial charge in [-0.3, -0.25) is 10.1 Å². The van der Waals surface area contributed by atoms with E-state index in [-0.39, 0.29) is 5.02 Å². The minimum absolute atomic E-state index is 0.0262. The third-order valence-electron chi connectivity index (χ3n) is 1.81. The number of hydrogen-bond acceptors (Lipinski definition) is 3. The van der Waals surface area contributed by atoms with Crippen LogP contribution in [0.1, 0.15) is 5.56 Å². The van der Waals surface area contributed by atoms with Gasteiger partial charge in [-0.2, -0.15) is 8.78 Å². The molecule has 15 heavy (non-hydrogen) atoms. The zero-order valence-electron chi connectivity index (χ0n) is 7.41. The van der Waals surface area contributed by atoms with Crippen LogP contribution in [0.5, 0.6) is 0 Å². The lowest BCUT2D eigenvalue weighted by Crippen LogP contribution is -2.26. The monoisotopic (exact) mass is 236 g/mol. The summed E-state index contributed by atoms with van der Waals surface area (Å²) in [6.45, 7) is -0.991. The van der Waals surface area contributed by atoms with E-state index in [2.05, 4.69) is 0 Å². The highest BCUT2D eigenvalue weighted by atomic mass is 35.5. The number of nitrogens with two attached hydrogens (primary N) is 1. The zero-order chi connectivity index (χ0) is 11.6. The standard InChI is InChI=1S/C8H7ClF2N2O2/c9-5-1-2-6(8(10,11)4-12)7(3-5)13(14)15/h1-3H,4,12H2. The smallest absolute Gasteiger partial charge is 0.291 e. The molecule has 0 saturated heterocycles. The molecule has 0 atom stereocenters. The van der Waals surface area contributed by atoms with Gasteiger partial charge in [0.05, 0.1) is 17.0 Å². The first-order valence-electron chi connectivity index (χ1n) is 3.91. The van der Waals surface area contributed by atoms with Crippen LogP contribution in [0.4, 0.5) is 14.5 Å². The molecule has 0 bridgehead atoms. The predicted molar refractivity (Wildman–Crippen MR) is 51.1 cm³/mol. The lowest BCUT2D eigenvalue weighted by atomic mass is 10.1. The molecular formula is C8H7ClF2N2O2. The molecule has 0 radical (unpaired) electrons. The summed E-state index contributed by atoms with van der Waals surface area (Å²) in [6, 6.07) is 2.95. The fourth-order valence-electron chi connectivity index (χ4n) is 1.08. The number of alkyl halides is 2. The summed E-state index contributed by atoms with van der Waals surface area (Å²) in [7, 11) is 0. The van der Waals surface area contributed by atoms with Crippen molar-refractivity contribution in [3.05, 3.63) is 38.9 Å². The SMILES string of the molecule is NCC(F)(F)c1ccc(Cl)cc1[N+](=O)[O-]. The zero-order valence-corrected chi connectivity index (χ0v) is 8.17. The summed E-state index contributed by atoms with van der Waals surface area (Å²) < 4.78 is 26.3. The van der Waals surface area contributed by atoms with E-state index in [1.165, 1.54) is 0 Å². The summed E-state index contributed by atoms with van der Waals surface area (Å²) in [6.07, 6.45) is 0. The second-order valence-corrected chi connectivity index (χ2v) is 3.26. The number of benzene rings is 1. The average Bonchev–Trinajstić information content (AvgIpc) is 2.17. The second kappa shape index (κ2) is 4.08. The van der Waals surface area contributed by atoms with E-state index in [0.29, 0.717) is 0 Å². The summed E-state index contributed by atoms with van der Waals surface area (Å²) in [5, 5.41) is 10.5. The van der Waals surface area contributed by atoms with Crippen molar-refractivity contribution in [2.24, 2.45) is 5.73 Å². The molecule has 1 aromatic rings. The Hall–Kier alpha value is -1.27. The van der Waals surface area contributed by atoms with Gasteiger partial charge in [0.1, 0.15) is 0 Å². The molecule has 1 aromatic carbocycles. The highest BCUT2D eigenvalue weighted by Crippen LogP contribution is 2.35. The quantitative estimate of drug-likeness (QED) is 0.647. The molecule has 0 spiro atoms. The van der Waals surface area contributed by atoms with Gasteiger partial charge in [0.25, 0.3) is 11.6 Å². The molecule has 0 aliphatic carbocycles. The maximum absolute atomic E-state index is 13.2. The third kappa shape index (κ3) is 2.40. The lowest BCUT2D eigenvalue weighted by molar-refractivity contribution is -0.387. The van der Waals surface area contributed by atoms with E-state index in [0.717, 1.165) is 18.2 Å². The molecule has 0 heterocycles. The van der Waals surface area contributed by atoms with E-state index < -0.39 is 28.6 Å². The molecular weight excluding hydrogens is 230 g/mol. The van der Waals surface area contributed by atoms with Crippen molar-refractivity contribution in [2.45, 2.75) is 5.92 Å². The van der Waals surface area contributed by atoms with Gasteiger partial charge in [0.2, 0.25) is 0 Å². The van der Waals surface area contributed by atoms with Crippen molar-refractivity contribution in [1.29, 1.82) is 0 Å². The minimum Gasteiger partial charge on any atom is -0.325 e. The molecule has 0 saturated carbocycles. The largest absolute Gasteiger partial charge is 0.325 e. The van der Waals surface area contributed by atoms with Crippen LogP contribution in [-0.2, 0) is 5.92 Å². The van der Waals surface area contributed by atoms with Gasteiger partial charge in [-0.05, 0) is 12.1 Å². The predicted octanol–water partition coefficient (Wildman–Crippen LogP) is 2.30. The first-order chi connectivity index (χ1) is 6.88. The van der Waals surface area contributed by atoms with E-state index in [1.54, 1.807) is 0 Å². The number of rotatable bonds is 3. The summed E-state index contributed by atoms with van der Waals surface area (Å²) >= 11 is 5.47. The normalized spacial score (nSPS) is 11.5. The Bertz CT molecular complexity index is 398. The van der Waals surface area contributed by atoms with E-state index in [9.17, 15) is 18.9 Å². The fraction of sp³-hybridized carbons (Fsp3) is 0.250. The van der Waals surface area contributed by atoms with Gasteiger partial charge in [-0.15, -0.1) is 0 Å². The Kier molecular flexibility index (Phi) is 3.21. The number of nitro benzene ring substituents is 1. The van der Waals surface area contributed by atoms with Gasteiger partial charge in [-0.1, -0.05) is 11.6 Å². The Morgan fingerprint density at radius 3 is 2.60 bits per heavy atom. The van der Waals surface area contributed by atoms with Gasteiger partial charge in [0.15, 0.2) is 0 Å². The van der Waals surface area contributed by atoms with Gasteiger partial charge < -0.3 is 5.73 Å². The highest BCUT2D eigenvalue weighted by Gasteiger charge is 2.36. The molecule has 7 heteroatoms. The number of halogens is 3. The Morgan fingerprint density at radius 2 is 2.13 bits per heavy atom. The van der Waals surface area contributed by atoms with Crippen LogP contribution in [-0.4, -0.2) is 11.5 Å². The molecule has 0 aliphatic heterocycles. The topological polar surface area (TPSA) is 69.2 Å².